The SMILES string of the molecule is CCC(C)(C)CC(C)(C(=O)OI)C(C)(C)C. The van der Waals surface area contributed by atoms with Gasteiger partial charge in [-0.25, -0.2) is 0 Å². The zero-order valence-corrected chi connectivity index (χ0v) is 13.8. The van der Waals surface area contributed by atoms with Crippen molar-refractivity contribution in [1.29, 1.82) is 0 Å². The van der Waals surface area contributed by atoms with E-state index >= 15 is 0 Å². The fourth-order valence-electron chi connectivity index (χ4n) is 1.81. The van der Waals surface area contributed by atoms with Gasteiger partial charge in [-0.3, -0.25) is 4.79 Å². The third-order valence-corrected chi connectivity index (χ3v) is 4.37. The Balaban J connectivity index is 5.20. The zero-order chi connectivity index (χ0) is 13.2. The lowest BCUT2D eigenvalue weighted by Crippen LogP contribution is -2.43. The van der Waals surface area contributed by atoms with E-state index < -0.39 is 5.41 Å². The monoisotopic (exact) mass is 340 g/mol. The molecule has 0 radical (unpaired) electrons. The van der Waals surface area contributed by atoms with Crippen molar-refractivity contribution >= 4 is 29.0 Å². The Morgan fingerprint density at radius 1 is 1.12 bits per heavy atom. The molecule has 0 N–H and O–H groups in total. The second kappa shape index (κ2) is 5.23. The lowest BCUT2D eigenvalue weighted by atomic mass is 9.60. The van der Waals surface area contributed by atoms with Gasteiger partial charge >= 0.3 is 5.97 Å². The van der Waals surface area contributed by atoms with Crippen LogP contribution >= 0.6 is 23.0 Å². The Morgan fingerprint density at radius 3 is 1.81 bits per heavy atom. The zero-order valence-electron chi connectivity index (χ0n) is 11.6. The van der Waals surface area contributed by atoms with Gasteiger partial charge < -0.3 is 3.07 Å². The molecule has 2 nitrogen and oxygen atoms in total. The van der Waals surface area contributed by atoms with Gasteiger partial charge in [0.25, 0.3) is 0 Å². The summed E-state index contributed by atoms with van der Waals surface area (Å²) in [6.45, 7) is 14.9. The number of carbonyl (C=O) groups excluding carboxylic acids is 1. The Labute approximate surface area is 114 Å². The molecule has 0 rings (SSSR count). The molecule has 0 aromatic rings. The molecule has 0 fully saturated rings. The summed E-state index contributed by atoms with van der Waals surface area (Å²) in [5.41, 5.74) is -0.373. The van der Waals surface area contributed by atoms with E-state index in [0.717, 1.165) is 12.8 Å². The molecule has 3 heteroatoms. The van der Waals surface area contributed by atoms with Crippen molar-refractivity contribution in [2.24, 2.45) is 16.2 Å². The minimum absolute atomic E-state index is 0.0955. The van der Waals surface area contributed by atoms with E-state index in [0.29, 0.717) is 0 Å². The van der Waals surface area contributed by atoms with Gasteiger partial charge in [0.15, 0.2) is 23.0 Å². The third kappa shape index (κ3) is 3.60. The molecular formula is C13H25IO2. The molecule has 0 aromatic heterocycles. The summed E-state index contributed by atoms with van der Waals surface area (Å²) in [6, 6.07) is 0. The summed E-state index contributed by atoms with van der Waals surface area (Å²) in [5.74, 6) is -0.109. The minimum Gasteiger partial charge on any atom is -0.394 e. The van der Waals surface area contributed by atoms with Gasteiger partial charge in [0.05, 0.1) is 5.41 Å². The molecule has 1 atom stereocenters. The highest BCUT2D eigenvalue weighted by Crippen LogP contribution is 2.48. The molecule has 0 saturated heterocycles. The van der Waals surface area contributed by atoms with E-state index in [4.69, 9.17) is 3.07 Å². The number of hydrogen-bond donors (Lipinski definition) is 0. The maximum absolute atomic E-state index is 12.0. The second-order valence-electron chi connectivity index (χ2n) is 6.64. The summed E-state index contributed by atoms with van der Waals surface area (Å²) in [5, 5.41) is 0. The molecule has 0 aliphatic heterocycles. The highest BCUT2D eigenvalue weighted by Gasteiger charge is 2.48. The molecule has 0 bridgehead atoms. The molecule has 0 aromatic carbocycles. The van der Waals surface area contributed by atoms with Gasteiger partial charge in [-0.05, 0) is 24.2 Å². The van der Waals surface area contributed by atoms with Crippen molar-refractivity contribution in [1.82, 2.24) is 0 Å². The predicted molar refractivity (Wildman–Crippen MR) is 76.4 cm³/mol. The first kappa shape index (κ1) is 16.2. The maximum atomic E-state index is 12.0. The number of rotatable bonds is 4. The first-order chi connectivity index (χ1) is 7.00. The Morgan fingerprint density at radius 2 is 1.56 bits per heavy atom. The lowest BCUT2D eigenvalue weighted by molar-refractivity contribution is -0.151. The number of halogens is 1. The second-order valence-corrected chi connectivity index (χ2v) is 7.08. The molecule has 0 heterocycles. The molecule has 16 heavy (non-hydrogen) atoms. The van der Waals surface area contributed by atoms with Crippen LogP contribution in [0.15, 0.2) is 0 Å². The Bertz CT molecular complexity index is 253. The van der Waals surface area contributed by atoms with Crippen LogP contribution in [-0.2, 0) is 7.86 Å². The summed E-state index contributed by atoms with van der Waals surface area (Å²) in [4.78, 5) is 12.0. The van der Waals surface area contributed by atoms with Crippen LogP contribution in [0.2, 0.25) is 0 Å². The van der Waals surface area contributed by atoms with E-state index in [2.05, 4.69) is 41.5 Å². The van der Waals surface area contributed by atoms with Crippen LogP contribution in [0.5, 0.6) is 0 Å². The van der Waals surface area contributed by atoms with E-state index in [1.54, 1.807) is 23.0 Å². The average molecular weight is 340 g/mol. The van der Waals surface area contributed by atoms with E-state index in [1.807, 2.05) is 6.92 Å². The van der Waals surface area contributed by atoms with Crippen LogP contribution < -0.4 is 0 Å². The van der Waals surface area contributed by atoms with Gasteiger partial charge in [-0.2, -0.15) is 0 Å². The summed E-state index contributed by atoms with van der Waals surface area (Å²) >= 11 is 1.69. The predicted octanol–water partition coefficient (Wildman–Crippen LogP) is 4.76. The van der Waals surface area contributed by atoms with Gasteiger partial charge in [-0.15, -0.1) is 0 Å². The van der Waals surface area contributed by atoms with Gasteiger partial charge in [0.1, 0.15) is 0 Å². The van der Waals surface area contributed by atoms with Gasteiger partial charge in [0.2, 0.25) is 0 Å². The van der Waals surface area contributed by atoms with Crippen LogP contribution in [-0.4, -0.2) is 5.97 Å². The molecule has 0 saturated carbocycles. The highest BCUT2D eigenvalue weighted by atomic mass is 127. The van der Waals surface area contributed by atoms with Crippen molar-refractivity contribution in [3.8, 4) is 0 Å². The fourth-order valence-corrected chi connectivity index (χ4v) is 2.30. The average Bonchev–Trinajstić information content (AvgIpc) is 2.14. The standard InChI is InChI=1S/C13H25IO2/c1-8-12(5,6)9-13(7,10(15)16-14)11(2,3)4/h8-9H2,1-7H3. The smallest absolute Gasteiger partial charge is 0.321 e. The first-order valence-electron chi connectivity index (χ1n) is 5.83. The van der Waals surface area contributed by atoms with Crippen LogP contribution in [0.3, 0.4) is 0 Å². The summed E-state index contributed by atoms with van der Waals surface area (Å²) < 4.78 is 4.96. The van der Waals surface area contributed by atoms with Crippen LogP contribution in [0, 0.1) is 16.2 Å². The maximum Gasteiger partial charge on any atom is 0.321 e. The largest absolute Gasteiger partial charge is 0.394 e. The molecule has 0 aliphatic carbocycles. The number of hydrogen-bond acceptors (Lipinski definition) is 2. The summed E-state index contributed by atoms with van der Waals surface area (Å²) in [7, 11) is 0. The third-order valence-electron chi connectivity index (χ3n) is 3.97. The van der Waals surface area contributed by atoms with Crippen LogP contribution in [0.4, 0.5) is 0 Å². The van der Waals surface area contributed by atoms with Crippen LogP contribution in [0.25, 0.3) is 0 Å². The molecule has 0 aliphatic rings. The lowest BCUT2D eigenvalue weighted by Gasteiger charge is -2.43. The fraction of sp³-hybridized carbons (Fsp3) is 0.923. The highest BCUT2D eigenvalue weighted by molar-refractivity contribution is 14.1. The van der Waals surface area contributed by atoms with E-state index in [-0.39, 0.29) is 16.8 Å². The quantitative estimate of drug-likeness (QED) is 0.690. The van der Waals surface area contributed by atoms with Crippen molar-refractivity contribution in [3.63, 3.8) is 0 Å². The molecular weight excluding hydrogens is 315 g/mol. The van der Waals surface area contributed by atoms with Crippen molar-refractivity contribution in [2.75, 3.05) is 0 Å². The van der Waals surface area contributed by atoms with Crippen molar-refractivity contribution in [2.45, 2.75) is 61.3 Å². The topological polar surface area (TPSA) is 26.3 Å². The molecule has 96 valence electrons. The Hall–Kier alpha value is 0.200. The van der Waals surface area contributed by atoms with Gasteiger partial charge in [-0.1, -0.05) is 48.0 Å². The molecule has 1 unspecified atom stereocenters. The van der Waals surface area contributed by atoms with Crippen molar-refractivity contribution in [3.05, 3.63) is 0 Å². The molecule has 0 amide bonds. The van der Waals surface area contributed by atoms with Crippen LogP contribution in [0.1, 0.15) is 61.3 Å². The Kier molecular flexibility index (Phi) is 5.30. The normalized spacial score (nSPS) is 16.8. The van der Waals surface area contributed by atoms with Crippen molar-refractivity contribution < 1.29 is 7.86 Å². The van der Waals surface area contributed by atoms with Gasteiger partial charge in [0, 0.05) is 0 Å². The number of carbonyl (C=O) groups is 1. The summed E-state index contributed by atoms with van der Waals surface area (Å²) in [6.07, 6.45) is 1.91. The minimum atomic E-state index is -0.437. The van der Waals surface area contributed by atoms with E-state index in [1.165, 1.54) is 0 Å². The molecule has 0 spiro atoms. The van der Waals surface area contributed by atoms with E-state index in [9.17, 15) is 4.79 Å². The first-order valence-corrected chi connectivity index (χ1v) is 6.71.